The molecule has 2 atom stereocenters. The van der Waals surface area contributed by atoms with E-state index in [0.717, 1.165) is 13.0 Å². The SMILES string of the molecule is CC(N)=NC1CCOC1C. The zero-order valence-corrected chi connectivity index (χ0v) is 6.50. The van der Waals surface area contributed by atoms with Gasteiger partial charge in [-0.2, -0.15) is 0 Å². The van der Waals surface area contributed by atoms with Gasteiger partial charge < -0.3 is 10.5 Å². The second-order valence-corrected chi connectivity index (χ2v) is 2.70. The minimum absolute atomic E-state index is 0.249. The molecule has 1 fully saturated rings. The Labute approximate surface area is 61.3 Å². The molecule has 0 amide bonds. The summed E-state index contributed by atoms with van der Waals surface area (Å²) in [7, 11) is 0. The smallest absolute Gasteiger partial charge is 0.0910 e. The van der Waals surface area contributed by atoms with Crippen molar-refractivity contribution in [1.82, 2.24) is 0 Å². The summed E-state index contributed by atoms with van der Waals surface area (Å²) in [5.74, 6) is 0.655. The van der Waals surface area contributed by atoms with Gasteiger partial charge in [-0.05, 0) is 20.3 Å². The molecule has 2 N–H and O–H groups in total. The van der Waals surface area contributed by atoms with Gasteiger partial charge in [0.25, 0.3) is 0 Å². The molecule has 3 heteroatoms. The fourth-order valence-electron chi connectivity index (χ4n) is 1.15. The van der Waals surface area contributed by atoms with Gasteiger partial charge in [0.15, 0.2) is 0 Å². The monoisotopic (exact) mass is 142 g/mol. The molecule has 1 aliphatic heterocycles. The summed E-state index contributed by atoms with van der Waals surface area (Å²) in [6, 6.07) is 0.296. The number of aliphatic imine (C=N–C) groups is 1. The van der Waals surface area contributed by atoms with Crippen LogP contribution in [0.2, 0.25) is 0 Å². The first-order valence-electron chi connectivity index (χ1n) is 3.61. The van der Waals surface area contributed by atoms with Gasteiger partial charge in [-0.1, -0.05) is 0 Å². The zero-order chi connectivity index (χ0) is 7.56. The largest absolute Gasteiger partial charge is 0.388 e. The second kappa shape index (κ2) is 3.01. The quantitative estimate of drug-likeness (QED) is 0.429. The topological polar surface area (TPSA) is 47.6 Å². The van der Waals surface area contributed by atoms with E-state index in [9.17, 15) is 0 Å². The van der Waals surface area contributed by atoms with Gasteiger partial charge in [-0.15, -0.1) is 0 Å². The molecule has 3 nitrogen and oxygen atoms in total. The minimum atomic E-state index is 0.249. The molecule has 0 radical (unpaired) electrons. The summed E-state index contributed by atoms with van der Waals surface area (Å²) in [5, 5.41) is 0. The highest BCUT2D eigenvalue weighted by Gasteiger charge is 2.22. The first-order chi connectivity index (χ1) is 4.70. The molecule has 1 rings (SSSR count). The lowest BCUT2D eigenvalue weighted by Gasteiger charge is -2.08. The molecule has 1 aliphatic rings. The molecule has 0 aromatic heterocycles. The number of ether oxygens (including phenoxy) is 1. The molecule has 0 saturated carbocycles. The van der Waals surface area contributed by atoms with Crippen LogP contribution in [-0.4, -0.2) is 24.6 Å². The van der Waals surface area contributed by atoms with Crippen LogP contribution in [0.5, 0.6) is 0 Å². The van der Waals surface area contributed by atoms with Crippen LogP contribution in [0.1, 0.15) is 20.3 Å². The number of hydrogen-bond acceptors (Lipinski definition) is 2. The van der Waals surface area contributed by atoms with Crippen LogP contribution in [0.15, 0.2) is 4.99 Å². The van der Waals surface area contributed by atoms with E-state index in [2.05, 4.69) is 4.99 Å². The van der Waals surface area contributed by atoms with Crippen LogP contribution in [-0.2, 0) is 4.74 Å². The molecule has 1 heterocycles. The van der Waals surface area contributed by atoms with Crippen molar-refractivity contribution < 1.29 is 4.74 Å². The molecule has 0 aromatic rings. The van der Waals surface area contributed by atoms with E-state index < -0.39 is 0 Å². The van der Waals surface area contributed by atoms with E-state index >= 15 is 0 Å². The Hall–Kier alpha value is -0.570. The number of nitrogens with zero attached hydrogens (tertiary/aromatic N) is 1. The van der Waals surface area contributed by atoms with Crippen molar-refractivity contribution >= 4 is 5.84 Å². The van der Waals surface area contributed by atoms with Gasteiger partial charge in [-0.3, -0.25) is 4.99 Å². The molecule has 0 bridgehead atoms. The van der Waals surface area contributed by atoms with Gasteiger partial charge in [-0.25, -0.2) is 0 Å². The van der Waals surface area contributed by atoms with E-state index in [1.165, 1.54) is 0 Å². The Morgan fingerprint density at radius 2 is 2.40 bits per heavy atom. The number of hydrogen-bond donors (Lipinski definition) is 1. The predicted molar refractivity (Wildman–Crippen MR) is 41.1 cm³/mol. The molecule has 0 spiro atoms. The van der Waals surface area contributed by atoms with Crippen LogP contribution < -0.4 is 5.73 Å². The van der Waals surface area contributed by atoms with Crippen LogP contribution in [0.4, 0.5) is 0 Å². The molecule has 1 saturated heterocycles. The molecule has 2 unspecified atom stereocenters. The maximum absolute atomic E-state index is 5.43. The first-order valence-corrected chi connectivity index (χ1v) is 3.61. The first kappa shape index (κ1) is 7.54. The van der Waals surface area contributed by atoms with Crippen molar-refractivity contribution in [2.45, 2.75) is 32.4 Å². The van der Waals surface area contributed by atoms with Crippen LogP contribution in [0.25, 0.3) is 0 Å². The van der Waals surface area contributed by atoms with E-state index in [0.29, 0.717) is 11.9 Å². The average molecular weight is 142 g/mol. The van der Waals surface area contributed by atoms with Crippen molar-refractivity contribution in [2.24, 2.45) is 10.7 Å². The van der Waals surface area contributed by atoms with Crippen LogP contribution >= 0.6 is 0 Å². The van der Waals surface area contributed by atoms with E-state index in [1.807, 2.05) is 13.8 Å². The highest BCUT2D eigenvalue weighted by Crippen LogP contribution is 2.15. The Balaban J connectivity index is 2.48. The van der Waals surface area contributed by atoms with Crippen LogP contribution in [0.3, 0.4) is 0 Å². The van der Waals surface area contributed by atoms with E-state index in [-0.39, 0.29) is 6.10 Å². The lowest BCUT2D eigenvalue weighted by Crippen LogP contribution is -2.19. The Kier molecular flexibility index (Phi) is 2.27. The normalized spacial score (nSPS) is 34.8. The van der Waals surface area contributed by atoms with Gasteiger partial charge >= 0.3 is 0 Å². The highest BCUT2D eigenvalue weighted by atomic mass is 16.5. The standard InChI is InChI=1S/C7H14N2O/c1-5-7(3-4-10-5)9-6(2)8/h5,7H,3-4H2,1-2H3,(H2,8,9). The van der Waals surface area contributed by atoms with Crippen molar-refractivity contribution in [3.05, 3.63) is 0 Å². The van der Waals surface area contributed by atoms with E-state index in [4.69, 9.17) is 10.5 Å². The number of rotatable bonds is 1. The molecule has 0 aliphatic carbocycles. The predicted octanol–water partition coefficient (Wildman–Crippen LogP) is 0.541. The van der Waals surface area contributed by atoms with Crippen molar-refractivity contribution in [3.63, 3.8) is 0 Å². The summed E-state index contributed by atoms with van der Waals surface area (Å²) in [4.78, 5) is 4.23. The lowest BCUT2D eigenvalue weighted by atomic mass is 10.2. The van der Waals surface area contributed by atoms with Crippen molar-refractivity contribution in [1.29, 1.82) is 0 Å². The lowest BCUT2D eigenvalue weighted by molar-refractivity contribution is 0.119. The Bertz CT molecular complexity index is 141. The fourth-order valence-corrected chi connectivity index (χ4v) is 1.15. The van der Waals surface area contributed by atoms with Crippen molar-refractivity contribution in [3.8, 4) is 0 Å². The summed E-state index contributed by atoms with van der Waals surface area (Å²) in [5.41, 5.74) is 5.43. The van der Waals surface area contributed by atoms with Crippen molar-refractivity contribution in [2.75, 3.05) is 6.61 Å². The molecular weight excluding hydrogens is 128 g/mol. The zero-order valence-electron chi connectivity index (χ0n) is 6.50. The van der Waals surface area contributed by atoms with Gasteiger partial charge in [0.05, 0.1) is 18.0 Å². The summed E-state index contributed by atoms with van der Waals surface area (Å²) in [6.07, 6.45) is 1.26. The third kappa shape index (κ3) is 1.70. The Morgan fingerprint density at radius 3 is 2.80 bits per heavy atom. The third-order valence-electron chi connectivity index (χ3n) is 1.71. The summed E-state index contributed by atoms with van der Waals surface area (Å²) >= 11 is 0. The van der Waals surface area contributed by atoms with E-state index in [1.54, 1.807) is 0 Å². The number of amidine groups is 1. The molecule has 0 aromatic carbocycles. The summed E-state index contributed by atoms with van der Waals surface area (Å²) in [6.45, 7) is 4.66. The average Bonchev–Trinajstić information content (AvgIpc) is 2.15. The summed E-state index contributed by atoms with van der Waals surface area (Å²) < 4.78 is 5.30. The highest BCUT2D eigenvalue weighted by molar-refractivity contribution is 5.77. The number of nitrogens with two attached hydrogens (primary N) is 1. The minimum Gasteiger partial charge on any atom is -0.388 e. The molecule has 10 heavy (non-hydrogen) atoms. The van der Waals surface area contributed by atoms with Gasteiger partial charge in [0.2, 0.25) is 0 Å². The second-order valence-electron chi connectivity index (χ2n) is 2.70. The van der Waals surface area contributed by atoms with Crippen LogP contribution in [0, 0.1) is 0 Å². The maximum atomic E-state index is 5.43. The van der Waals surface area contributed by atoms with Gasteiger partial charge in [0.1, 0.15) is 0 Å². The third-order valence-corrected chi connectivity index (χ3v) is 1.71. The molecular formula is C7H14N2O. The maximum Gasteiger partial charge on any atom is 0.0910 e. The molecule has 58 valence electrons. The fraction of sp³-hybridized carbons (Fsp3) is 0.857. The Morgan fingerprint density at radius 1 is 1.70 bits per heavy atom. The van der Waals surface area contributed by atoms with Gasteiger partial charge in [0, 0.05) is 6.61 Å².